The van der Waals surface area contributed by atoms with Gasteiger partial charge in [0.05, 0.1) is 0 Å². The maximum absolute atomic E-state index is 2.29. The fraction of sp³-hybridized carbons (Fsp3) is 1.00. The predicted molar refractivity (Wildman–Crippen MR) is 45.0 cm³/mol. The van der Waals surface area contributed by atoms with Crippen molar-refractivity contribution in [2.75, 3.05) is 6.26 Å². The van der Waals surface area contributed by atoms with E-state index in [4.69, 9.17) is 0 Å². The molecule has 1 aliphatic carbocycles. The zero-order chi connectivity index (χ0) is 6.74. The first-order valence-corrected chi connectivity index (χ1v) is 5.10. The quantitative estimate of drug-likeness (QED) is 0.586. The predicted octanol–water partition coefficient (Wildman–Crippen LogP) is 3.07. The monoisotopic (exact) mass is 144 g/mol. The lowest BCUT2D eigenvalue weighted by Crippen LogP contribution is -2.32. The van der Waals surface area contributed by atoms with Crippen LogP contribution in [-0.4, -0.2) is 11.0 Å². The lowest BCUT2D eigenvalue weighted by atomic mass is 9.81. The summed E-state index contributed by atoms with van der Waals surface area (Å²) in [4.78, 5) is 0. The van der Waals surface area contributed by atoms with Gasteiger partial charge < -0.3 is 0 Å². The highest BCUT2D eigenvalue weighted by atomic mass is 32.2. The van der Waals surface area contributed by atoms with Crippen LogP contribution in [0.2, 0.25) is 0 Å². The van der Waals surface area contributed by atoms with E-state index in [9.17, 15) is 0 Å². The molecular formula is C8H16S. The second-order valence-electron chi connectivity index (χ2n) is 2.99. The topological polar surface area (TPSA) is 0 Å². The van der Waals surface area contributed by atoms with Gasteiger partial charge in [0.15, 0.2) is 0 Å². The van der Waals surface area contributed by atoms with Crippen molar-refractivity contribution >= 4 is 11.8 Å². The van der Waals surface area contributed by atoms with Gasteiger partial charge in [-0.3, -0.25) is 0 Å². The van der Waals surface area contributed by atoms with Crippen LogP contribution in [0.15, 0.2) is 0 Å². The van der Waals surface area contributed by atoms with Gasteiger partial charge in [-0.25, -0.2) is 0 Å². The van der Waals surface area contributed by atoms with E-state index in [-0.39, 0.29) is 0 Å². The number of rotatable bonds is 3. The van der Waals surface area contributed by atoms with Gasteiger partial charge in [0.2, 0.25) is 0 Å². The van der Waals surface area contributed by atoms with Crippen LogP contribution in [-0.2, 0) is 0 Å². The Morgan fingerprint density at radius 2 is 2.11 bits per heavy atom. The van der Waals surface area contributed by atoms with E-state index in [0.717, 1.165) is 4.75 Å². The zero-order valence-electron chi connectivity index (χ0n) is 6.44. The van der Waals surface area contributed by atoms with E-state index in [2.05, 4.69) is 24.9 Å². The zero-order valence-corrected chi connectivity index (χ0v) is 7.26. The number of thioether (sulfide) groups is 1. The third-order valence-electron chi connectivity index (χ3n) is 2.40. The molecule has 0 aromatic heterocycles. The molecule has 0 saturated heterocycles. The highest BCUT2D eigenvalue weighted by Gasteiger charge is 2.34. The van der Waals surface area contributed by atoms with Gasteiger partial charge in [0.25, 0.3) is 0 Å². The molecule has 0 spiro atoms. The highest BCUT2D eigenvalue weighted by molar-refractivity contribution is 8.00. The maximum Gasteiger partial charge on any atom is 0.0157 e. The van der Waals surface area contributed by atoms with E-state index in [1.54, 1.807) is 0 Å². The van der Waals surface area contributed by atoms with Crippen LogP contribution in [0.1, 0.15) is 39.0 Å². The molecule has 1 heteroatoms. The van der Waals surface area contributed by atoms with Crippen molar-refractivity contribution in [3.05, 3.63) is 0 Å². The van der Waals surface area contributed by atoms with E-state index < -0.39 is 0 Å². The summed E-state index contributed by atoms with van der Waals surface area (Å²) in [5.74, 6) is 0. The first-order valence-electron chi connectivity index (χ1n) is 3.88. The summed E-state index contributed by atoms with van der Waals surface area (Å²) >= 11 is 2.08. The molecule has 1 rings (SSSR count). The van der Waals surface area contributed by atoms with Gasteiger partial charge in [0.1, 0.15) is 0 Å². The molecule has 1 aliphatic rings. The molecule has 0 radical (unpaired) electrons. The lowest BCUT2D eigenvalue weighted by molar-refractivity contribution is 0.340. The van der Waals surface area contributed by atoms with E-state index in [1.807, 2.05) is 0 Å². The smallest absolute Gasteiger partial charge is 0.0157 e. The largest absolute Gasteiger partial charge is 0.159 e. The van der Waals surface area contributed by atoms with Crippen molar-refractivity contribution in [3.8, 4) is 0 Å². The normalized spacial score (nSPS) is 23.3. The molecular weight excluding hydrogens is 128 g/mol. The van der Waals surface area contributed by atoms with Crippen LogP contribution < -0.4 is 0 Å². The number of hydrogen-bond donors (Lipinski definition) is 0. The van der Waals surface area contributed by atoms with Gasteiger partial charge in [0, 0.05) is 4.75 Å². The summed E-state index contributed by atoms with van der Waals surface area (Å²) in [5, 5.41) is 0. The van der Waals surface area contributed by atoms with Crippen LogP contribution in [0.25, 0.3) is 0 Å². The van der Waals surface area contributed by atoms with Gasteiger partial charge in [-0.15, -0.1) is 0 Å². The Kier molecular flexibility index (Phi) is 2.45. The van der Waals surface area contributed by atoms with Crippen LogP contribution >= 0.6 is 11.8 Å². The Morgan fingerprint density at radius 1 is 1.44 bits per heavy atom. The molecule has 0 aromatic carbocycles. The fourth-order valence-electron chi connectivity index (χ4n) is 1.58. The molecule has 9 heavy (non-hydrogen) atoms. The maximum atomic E-state index is 2.29. The Balaban J connectivity index is 2.28. The Morgan fingerprint density at radius 3 is 2.22 bits per heavy atom. The van der Waals surface area contributed by atoms with Crippen molar-refractivity contribution in [1.82, 2.24) is 0 Å². The molecule has 1 fully saturated rings. The summed E-state index contributed by atoms with van der Waals surface area (Å²) in [7, 11) is 0. The minimum Gasteiger partial charge on any atom is -0.159 e. The van der Waals surface area contributed by atoms with Gasteiger partial charge >= 0.3 is 0 Å². The van der Waals surface area contributed by atoms with Crippen molar-refractivity contribution in [3.63, 3.8) is 0 Å². The second-order valence-corrected chi connectivity index (χ2v) is 4.26. The minimum absolute atomic E-state index is 0.731. The first-order chi connectivity index (χ1) is 4.33. The van der Waals surface area contributed by atoms with Crippen molar-refractivity contribution in [2.45, 2.75) is 43.8 Å². The van der Waals surface area contributed by atoms with Crippen LogP contribution in [0, 0.1) is 0 Å². The highest BCUT2D eigenvalue weighted by Crippen LogP contribution is 2.45. The first kappa shape index (κ1) is 7.46. The molecule has 0 bridgehead atoms. The van der Waals surface area contributed by atoms with Crippen LogP contribution in [0.4, 0.5) is 0 Å². The van der Waals surface area contributed by atoms with Crippen molar-refractivity contribution < 1.29 is 0 Å². The third-order valence-corrected chi connectivity index (χ3v) is 3.88. The van der Waals surface area contributed by atoms with E-state index in [1.165, 1.54) is 32.1 Å². The molecule has 0 atom stereocenters. The third kappa shape index (κ3) is 1.43. The summed E-state index contributed by atoms with van der Waals surface area (Å²) in [6.45, 7) is 2.29. The van der Waals surface area contributed by atoms with Gasteiger partial charge in [-0.1, -0.05) is 19.8 Å². The molecule has 0 heterocycles. The Bertz CT molecular complexity index is 79.1. The average Bonchev–Trinajstić information content (AvgIpc) is 1.79. The molecule has 54 valence electrons. The summed E-state index contributed by atoms with van der Waals surface area (Å²) in [6, 6.07) is 0. The van der Waals surface area contributed by atoms with Gasteiger partial charge in [-0.2, -0.15) is 11.8 Å². The standard InChI is InChI=1S/C8H16S/c1-3-5-8(9-2)6-4-7-8/h3-7H2,1-2H3. The van der Waals surface area contributed by atoms with E-state index in [0.29, 0.717) is 0 Å². The summed E-state index contributed by atoms with van der Waals surface area (Å²) in [6.07, 6.45) is 9.48. The molecule has 0 N–H and O–H groups in total. The van der Waals surface area contributed by atoms with Crippen molar-refractivity contribution in [2.24, 2.45) is 0 Å². The molecule has 0 aliphatic heterocycles. The number of hydrogen-bond acceptors (Lipinski definition) is 1. The molecule has 1 saturated carbocycles. The molecule has 0 unspecified atom stereocenters. The summed E-state index contributed by atoms with van der Waals surface area (Å²) in [5.41, 5.74) is 0. The molecule has 0 nitrogen and oxygen atoms in total. The van der Waals surface area contributed by atoms with E-state index >= 15 is 0 Å². The van der Waals surface area contributed by atoms with Crippen LogP contribution in [0.5, 0.6) is 0 Å². The summed E-state index contributed by atoms with van der Waals surface area (Å²) < 4.78 is 0.731. The lowest BCUT2D eigenvalue weighted by Gasteiger charge is -2.40. The Hall–Kier alpha value is 0.350. The van der Waals surface area contributed by atoms with Crippen LogP contribution in [0.3, 0.4) is 0 Å². The second kappa shape index (κ2) is 2.96. The minimum atomic E-state index is 0.731. The SMILES string of the molecule is CCCC1(SC)CCC1. The molecule has 0 aromatic rings. The van der Waals surface area contributed by atoms with Gasteiger partial charge in [-0.05, 0) is 25.5 Å². The fourth-order valence-corrected chi connectivity index (χ4v) is 2.69. The molecule has 0 amide bonds. The van der Waals surface area contributed by atoms with Crippen molar-refractivity contribution in [1.29, 1.82) is 0 Å². The average molecular weight is 144 g/mol. The Labute approximate surface area is 62.4 Å².